The number of nitrogens with zero attached hydrogens (tertiary/aromatic N) is 1. The molecule has 0 radical (unpaired) electrons. The third-order valence-corrected chi connectivity index (χ3v) is 7.47. The molecule has 5 amide bonds. The summed E-state index contributed by atoms with van der Waals surface area (Å²) in [4.78, 5) is 52.6. The van der Waals surface area contributed by atoms with E-state index in [4.69, 9.17) is 17.3 Å². The summed E-state index contributed by atoms with van der Waals surface area (Å²) in [6, 6.07) is 6.01. The molecule has 2 aromatic rings. The number of thiophene rings is 1. The maximum Gasteiger partial charge on any atom is 0.325 e. The van der Waals surface area contributed by atoms with Crippen LogP contribution in [0.1, 0.15) is 52.5 Å². The van der Waals surface area contributed by atoms with Gasteiger partial charge in [0.05, 0.1) is 5.56 Å². The zero-order chi connectivity index (χ0) is 23.0. The zero-order valence-electron chi connectivity index (χ0n) is 17.5. The molecule has 1 aromatic heterocycles. The lowest BCUT2D eigenvalue weighted by molar-refractivity contribution is -0.134. The van der Waals surface area contributed by atoms with Gasteiger partial charge in [-0.25, -0.2) is 4.79 Å². The number of carbonyl (C=O) groups excluding carboxylic acids is 4. The van der Waals surface area contributed by atoms with E-state index in [0.29, 0.717) is 27.6 Å². The Balaban J connectivity index is 1.55. The van der Waals surface area contributed by atoms with Crippen molar-refractivity contribution in [1.29, 1.82) is 0 Å². The second-order valence-corrected chi connectivity index (χ2v) is 9.46. The number of primary amides is 1. The van der Waals surface area contributed by atoms with Crippen molar-refractivity contribution >= 4 is 51.7 Å². The third-order valence-electron chi connectivity index (χ3n) is 6.02. The number of nitrogens with two attached hydrogens (primary N) is 1. The number of halogens is 1. The summed E-state index contributed by atoms with van der Waals surface area (Å²) in [6.45, 7) is 1.31. The molecule has 8 nitrogen and oxygen atoms in total. The largest absolute Gasteiger partial charge is 0.365 e. The van der Waals surface area contributed by atoms with Gasteiger partial charge >= 0.3 is 6.03 Å². The number of rotatable bonds is 6. The molecule has 10 heteroatoms. The average molecular weight is 475 g/mol. The number of urea groups is 1. The average Bonchev–Trinajstić information content (AvgIpc) is 3.24. The van der Waals surface area contributed by atoms with Crippen molar-refractivity contribution in [1.82, 2.24) is 10.2 Å². The van der Waals surface area contributed by atoms with E-state index in [1.54, 1.807) is 31.2 Å². The van der Waals surface area contributed by atoms with Crippen molar-refractivity contribution in [2.75, 3.05) is 11.9 Å². The molecular formula is C22H23ClN4O4S. The number of hydrogen-bond acceptors (Lipinski definition) is 5. The van der Waals surface area contributed by atoms with E-state index < -0.39 is 35.8 Å². The van der Waals surface area contributed by atoms with Crippen LogP contribution in [0.25, 0.3) is 0 Å². The van der Waals surface area contributed by atoms with Crippen molar-refractivity contribution in [3.05, 3.63) is 50.9 Å². The van der Waals surface area contributed by atoms with E-state index in [0.717, 1.165) is 41.0 Å². The van der Waals surface area contributed by atoms with Gasteiger partial charge in [0.2, 0.25) is 5.91 Å². The van der Waals surface area contributed by atoms with Gasteiger partial charge in [0.1, 0.15) is 17.1 Å². The van der Waals surface area contributed by atoms with Gasteiger partial charge in [-0.3, -0.25) is 19.3 Å². The van der Waals surface area contributed by atoms with Crippen molar-refractivity contribution in [3.63, 3.8) is 0 Å². The van der Waals surface area contributed by atoms with Gasteiger partial charge in [-0.15, -0.1) is 11.3 Å². The molecule has 1 atom stereocenters. The van der Waals surface area contributed by atoms with Crippen LogP contribution in [-0.4, -0.2) is 35.2 Å². The first kappa shape index (κ1) is 22.3. The summed E-state index contributed by atoms with van der Waals surface area (Å²) in [6.07, 6.45) is 3.87. The molecule has 1 saturated heterocycles. The highest BCUT2D eigenvalue weighted by Gasteiger charge is 2.51. The SMILES string of the molecule is CC[C@@]1(c2ccc(Cl)cc2)NC(=O)N(CC(=O)Nc2sc3c(c2C(N)=O)CCCC3)C1=O. The van der Waals surface area contributed by atoms with Crippen LogP contribution >= 0.6 is 22.9 Å². The minimum Gasteiger partial charge on any atom is -0.365 e. The summed E-state index contributed by atoms with van der Waals surface area (Å²) in [5.74, 6) is -1.68. The fraction of sp³-hybridized carbons (Fsp3) is 0.364. The molecule has 1 aliphatic carbocycles. The van der Waals surface area contributed by atoms with Gasteiger partial charge in [-0.1, -0.05) is 30.7 Å². The molecule has 32 heavy (non-hydrogen) atoms. The maximum atomic E-state index is 13.2. The first-order chi connectivity index (χ1) is 15.3. The second-order valence-electron chi connectivity index (χ2n) is 7.91. The van der Waals surface area contributed by atoms with E-state index in [2.05, 4.69) is 10.6 Å². The number of amides is 5. The second kappa shape index (κ2) is 8.55. The van der Waals surface area contributed by atoms with Crippen LogP contribution in [-0.2, 0) is 28.0 Å². The highest BCUT2D eigenvalue weighted by molar-refractivity contribution is 7.17. The van der Waals surface area contributed by atoms with Gasteiger partial charge < -0.3 is 16.4 Å². The lowest BCUT2D eigenvalue weighted by atomic mass is 9.87. The van der Waals surface area contributed by atoms with Crippen LogP contribution in [0.3, 0.4) is 0 Å². The quantitative estimate of drug-likeness (QED) is 0.556. The molecule has 1 aromatic carbocycles. The molecule has 2 heterocycles. The molecule has 0 spiro atoms. The number of benzene rings is 1. The minimum atomic E-state index is -1.26. The van der Waals surface area contributed by atoms with Gasteiger partial charge in [0, 0.05) is 9.90 Å². The van der Waals surface area contributed by atoms with Gasteiger partial charge in [-0.05, 0) is 55.4 Å². The standard InChI is InChI=1S/C22H23ClN4O4S/c1-2-22(12-7-9-13(23)10-8-12)20(30)27(21(31)26-22)11-16(28)25-19-17(18(24)29)14-5-3-4-6-15(14)32-19/h7-10H,2-6,11H2,1H3,(H2,24,29)(H,25,28)(H,26,31)/t22-/m0/s1. The Kier molecular flexibility index (Phi) is 5.96. The summed E-state index contributed by atoms with van der Waals surface area (Å²) < 4.78 is 0. The molecule has 1 fully saturated rings. The minimum absolute atomic E-state index is 0.306. The van der Waals surface area contributed by atoms with Crippen molar-refractivity contribution in [3.8, 4) is 0 Å². The van der Waals surface area contributed by atoms with E-state index >= 15 is 0 Å². The Hall–Kier alpha value is -2.91. The fourth-order valence-corrected chi connectivity index (χ4v) is 5.80. The molecule has 0 unspecified atom stereocenters. The molecule has 2 aliphatic rings. The fourth-order valence-electron chi connectivity index (χ4n) is 4.37. The van der Waals surface area contributed by atoms with Crippen molar-refractivity contribution in [2.45, 2.75) is 44.6 Å². The summed E-state index contributed by atoms with van der Waals surface area (Å²) in [7, 11) is 0. The van der Waals surface area contributed by atoms with Crippen LogP contribution in [0.15, 0.2) is 24.3 Å². The summed E-state index contributed by atoms with van der Waals surface area (Å²) in [5, 5.41) is 6.32. The Morgan fingerprint density at radius 2 is 1.91 bits per heavy atom. The predicted molar refractivity (Wildman–Crippen MR) is 122 cm³/mol. The Morgan fingerprint density at radius 3 is 2.56 bits per heavy atom. The number of carbonyl (C=O) groups is 4. The lowest BCUT2D eigenvalue weighted by Crippen LogP contribution is -2.44. The van der Waals surface area contributed by atoms with Gasteiger partial charge in [0.15, 0.2) is 0 Å². The number of nitrogens with one attached hydrogen (secondary N) is 2. The smallest absolute Gasteiger partial charge is 0.325 e. The number of fused-ring (bicyclic) bond motifs is 1. The van der Waals surface area contributed by atoms with E-state index in [-0.39, 0.29) is 0 Å². The van der Waals surface area contributed by atoms with Crippen LogP contribution in [0, 0.1) is 0 Å². The van der Waals surface area contributed by atoms with Crippen LogP contribution in [0.2, 0.25) is 5.02 Å². The van der Waals surface area contributed by atoms with E-state index in [1.807, 2.05) is 0 Å². The maximum absolute atomic E-state index is 13.2. The third kappa shape index (κ3) is 3.75. The molecule has 0 bridgehead atoms. The van der Waals surface area contributed by atoms with E-state index in [9.17, 15) is 19.2 Å². The molecule has 0 saturated carbocycles. The molecule has 4 rings (SSSR count). The Bertz CT molecular complexity index is 1110. The number of imide groups is 1. The first-order valence-electron chi connectivity index (χ1n) is 10.4. The van der Waals surface area contributed by atoms with Gasteiger partial charge in [0.25, 0.3) is 11.8 Å². The number of hydrogen-bond donors (Lipinski definition) is 3. The molecule has 168 valence electrons. The summed E-state index contributed by atoms with van der Waals surface area (Å²) >= 11 is 7.28. The highest BCUT2D eigenvalue weighted by atomic mass is 35.5. The summed E-state index contributed by atoms with van der Waals surface area (Å²) in [5.41, 5.74) is 6.13. The molecule has 4 N–H and O–H groups in total. The molecular weight excluding hydrogens is 452 g/mol. The first-order valence-corrected chi connectivity index (χ1v) is 11.6. The van der Waals surface area contributed by atoms with E-state index in [1.165, 1.54) is 11.3 Å². The molecule has 1 aliphatic heterocycles. The number of anilines is 1. The Labute approximate surface area is 194 Å². The monoisotopic (exact) mass is 474 g/mol. The van der Waals surface area contributed by atoms with Crippen LogP contribution in [0.4, 0.5) is 9.80 Å². The zero-order valence-corrected chi connectivity index (χ0v) is 19.1. The van der Waals surface area contributed by atoms with Crippen LogP contribution < -0.4 is 16.4 Å². The van der Waals surface area contributed by atoms with Crippen LogP contribution in [0.5, 0.6) is 0 Å². The predicted octanol–water partition coefficient (Wildman–Crippen LogP) is 3.18. The van der Waals surface area contributed by atoms with Gasteiger partial charge in [-0.2, -0.15) is 0 Å². The van der Waals surface area contributed by atoms with Crippen molar-refractivity contribution < 1.29 is 19.2 Å². The Morgan fingerprint density at radius 1 is 1.22 bits per heavy atom. The normalized spacial score (nSPS) is 20.1. The number of aryl methyl sites for hydroxylation is 1. The lowest BCUT2D eigenvalue weighted by Gasteiger charge is -2.25. The highest BCUT2D eigenvalue weighted by Crippen LogP contribution is 2.38. The van der Waals surface area contributed by atoms with Crippen molar-refractivity contribution in [2.24, 2.45) is 5.73 Å². The topological polar surface area (TPSA) is 122 Å².